The van der Waals surface area contributed by atoms with Gasteiger partial charge in [-0.05, 0) is 43.0 Å². The normalized spacial score (nSPS) is 21.5. The fourth-order valence-electron chi connectivity index (χ4n) is 4.70. The number of hydrogen-bond donors (Lipinski definition) is 1. The van der Waals surface area contributed by atoms with Crippen molar-refractivity contribution in [2.75, 3.05) is 19.7 Å². The second kappa shape index (κ2) is 9.90. The lowest BCUT2D eigenvalue weighted by molar-refractivity contribution is 0.0743. The van der Waals surface area contributed by atoms with E-state index in [4.69, 9.17) is 33.2 Å². The SMILES string of the molecule is N#Cc1ccc(OCC[C@]2(C(=O)c3cnc(C4CC4)nc3)CNC[C@H]2c2ccc(Cl)c(Cl)c2)nc1. The van der Waals surface area contributed by atoms with Gasteiger partial charge in [0.2, 0.25) is 5.88 Å². The standard InChI is InChI=1S/C26H23Cl2N5O2/c27-21-5-4-18(9-22(21)28)20-14-30-15-26(20,7-8-35-23-6-1-16(10-29)11-31-23)24(34)19-12-32-25(33-13-19)17-2-3-17/h1,4-6,9,11-13,17,20,30H,2-3,7-8,14-15H2/t20-,26-/m0/s1. The number of Topliss-reactive ketones (excluding diaryl/α,β-unsaturated/α-hetero) is 1. The topological polar surface area (TPSA) is 101 Å². The Bertz CT molecular complexity index is 1270. The van der Waals surface area contributed by atoms with Crippen LogP contribution in [0.4, 0.5) is 0 Å². The van der Waals surface area contributed by atoms with E-state index in [2.05, 4.69) is 20.3 Å². The number of hydrogen-bond acceptors (Lipinski definition) is 7. The Balaban J connectivity index is 1.43. The summed E-state index contributed by atoms with van der Waals surface area (Å²) in [7, 11) is 0. The number of nitriles is 1. The maximum absolute atomic E-state index is 14.0. The van der Waals surface area contributed by atoms with Crippen LogP contribution in [0.3, 0.4) is 0 Å². The van der Waals surface area contributed by atoms with Crippen molar-refractivity contribution in [3.05, 3.63) is 81.5 Å². The van der Waals surface area contributed by atoms with E-state index in [-0.39, 0.29) is 18.3 Å². The van der Waals surface area contributed by atoms with Gasteiger partial charge in [0.1, 0.15) is 11.9 Å². The lowest BCUT2D eigenvalue weighted by Gasteiger charge is -2.33. The molecule has 3 aromatic rings. The Hall–Kier alpha value is -3.05. The molecule has 0 bridgehead atoms. The molecule has 1 aliphatic carbocycles. The molecule has 1 aliphatic heterocycles. The second-order valence-electron chi connectivity index (χ2n) is 9.04. The van der Waals surface area contributed by atoms with Crippen LogP contribution >= 0.6 is 23.2 Å². The molecule has 1 saturated carbocycles. The van der Waals surface area contributed by atoms with Gasteiger partial charge in [0.25, 0.3) is 0 Å². The van der Waals surface area contributed by atoms with Crippen LogP contribution in [0.1, 0.15) is 58.4 Å². The number of nitrogens with one attached hydrogen (secondary N) is 1. The Morgan fingerprint density at radius 2 is 1.91 bits per heavy atom. The number of carbonyl (C=O) groups is 1. The molecule has 0 amide bonds. The van der Waals surface area contributed by atoms with Crippen LogP contribution in [0.2, 0.25) is 10.0 Å². The second-order valence-corrected chi connectivity index (χ2v) is 9.86. The highest BCUT2D eigenvalue weighted by Crippen LogP contribution is 2.46. The highest BCUT2D eigenvalue weighted by atomic mass is 35.5. The van der Waals surface area contributed by atoms with E-state index in [0.717, 1.165) is 24.2 Å². The summed E-state index contributed by atoms with van der Waals surface area (Å²) in [6.07, 6.45) is 7.40. The zero-order valence-corrected chi connectivity index (χ0v) is 20.4. The number of benzene rings is 1. The largest absolute Gasteiger partial charge is 0.478 e. The average Bonchev–Trinajstić information content (AvgIpc) is 3.65. The Morgan fingerprint density at radius 3 is 2.57 bits per heavy atom. The molecule has 3 heterocycles. The molecular formula is C26H23Cl2N5O2. The molecule has 9 heteroatoms. The van der Waals surface area contributed by atoms with Gasteiger partial charge in [0, 0.05) is 49.6 Å². The van der Waals surface area contributed by atoms with Crippen molar-refractivity contribution in [2.24, 2.45) is 5.41 Å². The molecule has 2 aliphatic rings. The van der Waals surface area contributed by atoms with Gasteiger partial charge in [-0.1, -0.05) is 29.3 Å². The minimum Gasteiger partial charge on any atom is -0.478 e. The third-order valence-corrected chi connectivity index (χ3v) is 7.53. The first-order valence-electron chi connectivity index (χ1n) is 11.5. The smallest absolute Gasteiger partial charge is 0.213 e. The molecule has 0 spiro atoms. The first-order chi connectivity index (χ1) is 17.0. The number of carbonyl (C=O) groups excluding carboxylic acids is 1. The predicted octanol–water partition coefficient (Wildman–Crippen LogP) is 4.95. The van der Waals surface area contributed by atoms with Crippen LogP contribution in [0.25, 0.3) is 0 Å². The highest BCUT2D eigenvalue weighted by Gasteiger charge is 2.50. The number of rotatable bonds is 8. The van der Waals surface area contributed by atoms with Crippen LogP contribution in [-0.4, -0.2) is 40.4 Å². The van der Waals surface area contributed by atoms with E-state index in [1.807, 2.05) is 18.2 Å². The van der Waals surface area contributed by atoms with Gasteiger partial charge < -0.3 is 10.1 Å². The average molecular weight is 508 g/mol. The lowest BCUT2D eigenvalue weighted by Crippen LogP contribution is -2.39. The number of pyridine rings is 1. The van der Waals surface area contributed by atoms with E-state index < -0.39 is 5.41 Å². The number of aromatic nitrogens is 3. The van der Waals surface area contributed by atoms with Crippen LogP contribution in [0.5, 0.6) is 5.88 Å². The third kappa shape index (κ3) is 4.87. The highest BCUT2D eigenvalue weighted by molar-refractivity contribution is 6.42. The zero-order valence-electron chi connectivity index (χ0n) is 18.9. The van der Waals surface area contributed by atoms with E-state index in [1.54, 1.807) is 30.6 Å². The zero-order chi connectivity index (χ0) is 24.4. The van der Waals surface area contributed by atoms with Crippen LogP contribution in [0, 0.1) is 16.7 Å². The summed E-state index contributed by atoms with van der Waals surface area (Å²) in [4.78, 5) is 27.2. The lowest BCUT2D eigenvalue weighted by atomic mass is 9.68. The molecule has 178 valence electrons. The van der Waals surface area contributed by atoms with Crippen LogP contribution in [0.15, 0.2) is 48.9 Å². The molecule has 0 unspecified atom stereocenters. The van der Waals surface area contributed by atoms with E-state index >= 15 is 0 Å². The summed E-state index contributed by atoms with van der Waals surface area (Å²) >= 11 is 12.5. The van der Waals surface area contributed by atoms with Gasteiger partial charge in [0.05, 0.1) is 33.2 Å². The maximum Gasteiger partial charge on any atom is 0.213 e. The van der Waals surface area contributed by atoms with Crippen molar-refractivity contribution in [2.45, 2.75) is 31.1 Å². The van der Waals surface area contributed by atoms with Gasteiger partial charge in [-0.25, -0.2) is 15.0 Å². The molecular weight excluding hydrogens is 485 g/mol. The summed E-state index contributed by atoms with van der Waals surface area (Å²) in [5.74, 6) is 1.44. The van der Waals surface area contributed by atoms with Gasteiger partial charge in [-0.2, -0.15) is 5.26 Å². The van der Waals surface area contributed by atoms with Crippen molar-refractivity contribution in [1.29, 1.82) is 5.26 Å². The van der Waals surface area contributed by atoms with Gasteiger partial charge >= 0.3 is 0 Å². The van der Waals surface area contributed by atoms with Crippen molar-refractivity contribution < 1.29 is 9.53 Å². The molecule has 0 radical (unpaired) electrons. The summed E-state index contributed by atoms with van der Waals surface area (Å²) in [6, 6.07) is 10.9. The molecule has 1 N–H and O–H groups in total. The van der Waals surface area contributed by atoms with E-state index in [1.165, 1.54) is 6.20 Å². The van der Waals surface area contributed by atoms with Crippen LogP contribution in [-0.2, 0) is 0 Å². The fraction of sp³-hybridized carbons (Fsp3) is 0.346. The monoisotopic (exact) mass is 507 g/mol. The Morgan fingerprint density at radius 1 is 1.11 bits per heavy atom. The van der Waals surface area contributed by atoms with Gasteiger partial charge in [0.15, 0.2) is 5.78 Å². The maximum atomic E-state index is 14.0. The number of halogens is 2. The van der Waals surface area contributed by atoms with Crippen LogP contribution < -0.4 is 10.1 Å². The molecule has 5 rings (SSSR count). The van der Waals surface area contributed by atoms with Crippen molar-refractivity contribution >= 4 is 29.0 Å². The molecule has 1 aromatic carbocycles. The molecule has 1 saturated heterocycles. The summed E-state index contributed by atoms with van der Waals surface area (Å²) in [5, 5.41) is 13.3. The fourth-order valence-corrected chi connectivity index (χ4v) is 5.01. The number of ketones is 1. The number of ether oxygens (including phenoxy) is 1. The summed E-state index contributed by atoms with van der Waals surface area (Å²) in [5.41, 5.74) is 1.08. The van der Waals surface area contributed by atoms with Gasteiger partial charge in [-0.15, -0.1) is 0 Å². The minimum absolute atomic E-state index is 0.0303. The summed E-state index contributed by atoms with van der Waals surface area (Å²) < 4.78 is 5.89. The Labute approximate surface area is 213 Å². The summed E-state index contributed by atoms with van der Waals surface area (Å²) in [6.45, 7) is 1.36. The van der Waals surface area contributed by atoms with Gasteiger partial charge in [-0.3, -0.25) is 4.79 Å². The third-order valence-electron chi connectivity index (χ3n) is 6.79. The van der Waals surface area contributed by atoms with Crippen molar-refractivity contribution in [1.82, 2.24) is 20.3 Å². The minimum atomic E-state index is -0.797. The predicted molar refractivity (Wildman–Crippen MR) is 132 cm³/mol. The molecule has 7 nitrogen and oxygen atoms in total. The first-order valence-corrected chi connectivity index (χ1v) is 12.3. The molecule has 2 atom stereocenters. The van der Waals surface area contributed by atoms with Crippen molar-refractivity contribution in [3.8, 4) is 11.9 Å². The quantitative estimate of drug-likeness (QED) is 0.430. The van der Waals surface area contributed by atoms with E-state index in [9.17, 15) is 4.79 Å². The van der Waals surface area contributed by atoms with E-state index in [0.29, 0.717) is 52.5 Å². The van der Waals surface area contributed by atoms with Crippen molar-refractivity contribution in [3.63, 3.8) is 0 Å². The molecule has 2 fully saturated rings. The molecule has 35 heavy (non-hydrogen) atoms. The first kappa shape index (κ1) is 23.7. The molecule has 2 aromatic heterocycles. The Kier molecular flexibility index (Phi) is 6.70. The number of nitrogens with zero attached hydrogens (tertiary/aromatic N) is 4.